The van der Waals surface area contributed by atoms with Gasteiger partial charge in [-0.05, 0) is 75.3 Å². The number of benzene rings is 2. The first-order valence-electron chi connectivity index (χ1n) is 10.4. The summed E-state index contributed by atoms with van der Waals surface area (Å²) in [6, 6.07) is 8.81. The highest BCUT2D eigenvalue weighted by molar-refractivity contribution is 5.88. The Labute approximate surface area is 174 Å². The fraction of sp³-hybridized carbons (Fsp3) is 0.480. The molecule has 0 radical (unpaired) electrons. The third kappa shape index (κ3) is 4.26. The molecule has 4 heteroatoms. The summed E-state index contributed by atoms with van der Waals surface area (Å²) in [6.07, 6.45) is -0.431. The molecule has 0 aliphatic carbocycles. The first-order valence-corrected chi connectivity index (χ1v) is 10.4. The van der Waals surface area contributed by atoms with E-state index in [0.29, 0.717) is 12.5 Å². The molecule has 0 saturated heterocycles. The molecular weight excluding hydrogens is 362 g/mol. The largest absolute Gasteiger partial charge is 0.492 e. The van der Waals surface area contributed by atoms with Crippen LogP contribution in [0.3, 0.4) is 0 Å². The number of carbonyl (C=O) groups is 1. The second-order valence-electron chi connectivity index (χ2n) is 9.30. The van der Waals surface area contributed by atoms with Gasteiger partial charge >= 0.3 is 6.09 Å². The number of anilines is 1. The lowest BCUT2D eigenvalue weighted by Gasteiger charge is -2.23. The van der Waals surface area contributed by atoms with E-state index in [1.165, 1.54) is 11.1 Å². The molecule has 1 N–H and O–H groups in total. The van der Waals surface area contributed by atoms with Crippen molar-refractivity contribution in [3.05, 3.63) is 57.6 Å². The molecular formula is C25H33NO3. The van der Waals surface area contributed by atoms with Crippen LogP contribution in [0.2, 0.25) is 0 Å². The topological polar surface area (TPSA) is 47.6 Å². The number of ether oxygens (including phenoxy) is 2. The molecule has 1 unspecified atom stereocenters. The maximum Gasteiger partial charge on any atom is 0.412 e. The van der Waals surface area contributed by atoms with Gasteiger partial charge in [0.25, 0.3) is 0 Å². The van der Waals surface area contributed by atoms with Crippen LogP contribution in [0.1, 0.15) is 79.8 Å². The molecule has 1 heterocycles. The van der Waals surface area contributed by atoms with E-state index in [0.717, 1.165) is 33.7 Å². The Morgan fingerprint density at radius 2 is 1.69 bits per heavy atom. The summed E-state index contributed by atoms with van der Waals surface area (Å²) >= 11 is 0. The van der Waals surface area contributed by atoms with Gasteiger partial charge in [0, 0.05) is 11.5 Å². The van der Waals surface area contributed by atoms with Crippen molar-refractivity contribution >= 4 is 11.8 Å². The highest BCUT2D eigenvalue weighted by atomic mass is 16.6. The summed E-state index contributed by atoms with van der Waals surface area (Å²) in [5, 5.41) is 2.98. The van der Waals surface area contributed by atoms with Gasteiger partial charge in [-0.1, -0.05) is 38.1 Å². The average molecular weight is 396 g/mol. The zero-order valence-electron chi connectivity index (χ0n) is 18.9. The maximum atomic E-state index is 12.4. The number of hydrogen-bond acceptors (Lipinski definition) is 3. The minimum Gasteiger partial charge on any atom is -0.492 e. The van der Waals surface area contributed by atoms with E-state index in [9.17, 15) is 4.79 Å². The summed E-state index contributed by atoms with van der Waals surface area (Å²) in [7, 11) is 0. The normalized spacial score (nSPS) is 15.8. The molecule has 0 bridgehead atoms. The van der Waals surface area contributed by atoms with Gasteiger partial charge < -0.3 is 9.47 Å². The number of fused-ring (bicyclic) bond motifs is 1. The number of nitrogens with one attached hydrogen (secondary N) is 1. The van der Waals surface area contributed by atoms with Crippen LogP contribution in [0.5, 0.6) is 5.75 Å². The van der Waals surface area contributed by atoms with E-state index in [1.54, 1.807) is 0 Å². The summed E-state index contributed by atoms with van der Waals surface area (Å²) in [5.41, 5.74) is 7.15. The molecule has 1 aliphatic rings. The van der Waals surface area contributed by atoms with Crippen LogP contribution in [-0.2, 0) is 4.74 Å². The molecule has 0 fully saturated rings. The van der Waals surface area contributed by atoms with E-state index < -0.39 is 11.7 Å². The lowest BCUT2D eigenvalue weighted by molar-refractivity contribution is 0.0635. The number of rotatable bonds is 3. The highest BCUT2D eigenvalue weighted by Crippen LogP contribution is 2.46. The predicted octanol–water partition coefficient (Wildman–Crippen LogP) is 6.61. The second-order valence-corrected chi connectivity index (χ2v) is 9.30. The molecule has 0 saturated carbocycles. The molecule has 156 valence electrons. The third-order valence-electron chi connectivity index (χ3n) is 5.68. The Hall–Kier alpha value is -2.49. The van der Waals surface area contributed by atoms with Crippen LogP contribution in [0.4, 0.5) is 10.5 Å². The van der Waals surface area contributed by atoms with Gasteiger partial charge in [-0.15, -0.1) is 0 Å². The number of amides is 1. The molecule has 1 atom stereocenters. The molecule has 29 heavy (non-hydrogen) atoms. The van der Waals surface area contributed by atoms with Crippen molar-refractivity contribution in [2.24, 2.45) is 0 Å². The van der Waals surface area contributed by atoms with Crippen molar-refractivity contribution in [2.75, 3.05) is 11.9 Å². The van der Waals surface area contributed by atoms with Gasteiger partial charge in [-0.25, -0.2) is 4.79 Å². The zero-order valence-corrected chi connectivity index (χ0v) is 18.9. The van der Waals surface area contributed by atoms with Crippen molar-refractivity contribution in [3.8, 4) is 5.75 Å². The molecule has 3 rings (SSSR count). The van der Waals surface area contributed by atoms with Crippen molar-refractivity contribution in [1.29, 1.82) is 0 Å². The molecule has 2 aromatic rings. The minimum absolute atomic E-state index is 0.157. The Kier molecular flexibility index (Phi) is 5.66. The van der Waals surface area contributed by atoms with E-state index >= 15 is 0 Å². The van der Waals surface area contributed by atoms with Crippen LogP contribution >= 0.6 is 0 Å². The van der Waals surface area contributed by atoms with Crippen LogP contribution in [0.25, 0.3) is 0 Å². The van der Waals surface area contributed by atoms with Crippen molar-refractivity contribution in [1.82, 2.24) is 0 Å². The SMILES string of the molecule is Cc1c(C)c2c(c(C)c1NC(=O)OC(C)(C)C)C(c1ccc(C(C)C)cc1)CO2. The predicted molar refractivity (Wildman–Crippen MR) is 118 cm³/mol. The second kappa shape index (κ2) is 7.74. The quantitative estimate of drug-likeness (QED) is 0.636. The molecule has 0 aromatic heterocycles. The molecule has 0 spiro atoms. The molecule has 1 aliphatic heterocycles. The summed E-state index contributed by atoms with van der Waals surface area (Å²) in [5.74, 6) is 1.62. The van der Waals surface area contributed by atoms with Crippen molar-refractivity contribution in [3.63, 3.8) is 0 Å². The van der Waals surface area contributed by atoms with E-state index in [-0.39, 0.29) is 5.92 Å². The number of carbonyl (C=O) groups excluding carboxylic acids is 1. The molecule has 4 nitrogen and oxygen atoms in total. The van der Waals surface area contributed by atoms with E-state index in [1.807, 2.05) is 27.7 Å². The van der Waals surface area contributed by atoms with Gasteiger partial charge in [0.1, 0.15) is 11.4 Å². The molecule has 2 aromatic carbocycles. The first-order chi connectivity index (χ1) is 13.5. The van der Waals surface area contributed by atoms with E-state index in [4.69, 9.17) is 9.47 Å². The monoisotopic (exact) mass is 395 g/mol. The summed E-state index contributed by atoms with van der Waals surface area (Å²) in [6.45, 7) is 16.7. The minimum atomic E-state index is -0.540. The van der Waals surface area contributed by atoms with Crippen LogP contribution in [0, 0.1) is 20.8 Å². The fourth-order valence-electron chi connectivity index (χ4n) is 3.97. The zero-order chi connectivity index (χ0) is 21.5. The Balaban J connectivity index is 2.00. The van der Waals surface area contributed by atoms with E-state index in [2.05, 4.69) is 57.3 Å². The van der Waals surface area contributed by atoms with Crippen LogP contribution < -0.4 is 10.1 Å². The van der Waals surface area contributed by atoms with Gasteiger partial charge in [0.05, 0.1) is 12.3 Å². The standard InChI is InChI=1S/C25H33NO3/c1-14(2)18-9-11-19(12-10-18)20-13-28-23-16(4)15(3)22(17(5)21(20)23)26-24(27)29-25(6,7)8/h9-12,14,20H,13H2,1-8H3,(H,26,27). The molecule has 1 amide bonds. The Bertz CT molecular complexity index is 921. The summed E-state index contributed by atoms with van der Waals surface area (Å²) < 4.78 is 11.6. The smallest absolute Gasteiger partial charge is 0.412 e. The Morgan fingerprint density at radius 3 is 2.24 bits per heavy atom. The third-order valence-corrected chi connectivity index (χ3v) is 5.68. The lowest BCUT2D eigenvalue weighted by atomic mass is 9.86. The first kappa shape index (κ1) is 21.2. The Morgan fingerprint density at radius 1 is 1.07 bits per heavy atom. The maximum absolute atomic E-state index is 12.4. The van der Waals surface area contributed by atoms with Gasteiger partial charge in [0.2, 0.25) is 0 Å². The average Bonchev–Trinajstić information content (AvgIpc) is 3.07. The van der Waals surface area contributed by atoms with Gasteiger partial charge in [0.15, 0.2) is 0 Å². The van der Waals surface area contributed by atoms with Gasteiger partial charge in [-0.3, -0.25) is 5.32 Å². The number of hydrogen-bond donors (Lipinski definition) is 1. The summed E-state index contributed by atoms with van der Waals surface area (Å²) in [4.78, 5) is 12.4. The lowest BCUT2D eigenvalue weighted by Crippen LogP contribution is -2.28. The highest BCUT2D eigenvalue weighted by Gasteiger charge is 2.32. The van der Waals surface area contributed by atoms with Crippen molar-refractivity contribution in [2.45, 2.75) is 72.8 Å². The van der Waals surface area contributed by atoms with Crippen molar-refractivity contribution < 1.29 is 14.3 Å². The van der Waals surface area contributed by atoms with Crippen LogP contribution in [-0.4, -0.2) is 18.3 Å². The van der Waals surface area contributed by atoms with Crippen LogP contribution in [0.15, 0.2) is 24.3 Å². The van der Waals surface area contributed by atoms with Gasteiger partial charge in [-0.2, -0.15) is 0 Å². The fourth-order valence-corrected chi connectivity index (χ4v) is 3.97.